The van der Waals surface area contributed by atoms with Gasteiger partial charge in [0.15, 0.2) is 0 Å². The van der Waals surface area contributed by atoms with Gasteiger partial charge in [-0.05, 0) is 12.1 Å². The second kappa shape index (κ2) is 4.85. The summed E-state index contributed by atoms with van der Waals surface area (Å²) in [5, 5.41) is 0. The van der Waals surface area contributed by atoms with Gasteiger partial charge >= 0.3 is 6.36 Å². The summed E-state index contributed by atoms with van der Waals surface area (Å²) in [6, 6.07) is 4.38. The van der Waals surface area contributed by atoms with Crippen LogP contribution in [0.3, 0.4) is 0 Å². The molecule has 0 N–H and O–H groups in total. The molecule has 0 amide bonds. The van der Waals surface area contributed by atoms with Crippen LogP contribution in [0.1, 0.15) is 5.56 Å². The average Bonchev–Trinajstić information content (AvgIpc) is 2.07. The molecule has 0 unspecified atom stereocenters. The molecule has 1 rings (SSSR count). The first-order chi connectivity index (χ1) is 6.92. The average molecular weight is 285 g/mol. The molecule has 0 saturated carbocycles. The number of hydrogen-bond acceptors (Lipinski definition) is 2. The molecule has 2 nitrogen and oxygen atoms in total. The lowest BCUT2D eigenvalue weighted by Gasteiger charge is -2.13. The highest BCUT2D eigenvalue weighted by molar-refractivity contribution is 9.10. The highest BCUT2D eigenvalue weighted by atomic mass is 79.9. The maximum atomic E-state index is 12.0. The van der Waals surface area contributed by atoms with Crippen molar-refractivity contribution in [1.29, 1.82) is 0 Å². The van der Waals surface area contributed by atoms with Gasteiger partial charge in [0.25, 0.3) is 0 Å². The van der Waals surface area contributed by atoms with Gasteiger partial charge in [0.1, 0.15) is 5.75 Å². The van der Waals surface area contributed by atoms with Crippen LogP contribution < -0.4 is 4.74 Å². The summed E-state index contributed by atoms with van der Waals surface area (Å²) in [5.41, 5.74) is 0.345. The fourth-order valence-electron chi connectivity index (χ4n) is 1.02. The van der Waals surface area contributed by atoms with Crippen molar-refractivity contribution in [2.24, 2.45) is 0 Å². The Bertz CT molecular complexity index is 339. The predicted octanol–water partition coefficient (Wildman–Crippen LogP) is 3.49. The molecule has 0 atom stereocenters. The zero-order chi connectivity index (χ0) is 11.5. The normalized spacial score (nSPS) is 11.5. The number of benzene rings is 1. The summed E-state index contributed by atoms with van der Waals surface area (Å²) in [6.45, 7) is 0.0681. The molecule has 0 saturated heterocycles. The predicted molar refractivity (Wildman–Crippen MR) is 51.5 cm³/mol. The second-order valence-electron chi connectivity index (χ2n) is 2.73. The smallest absolute Gasteiger partial charge is 0.405 e. The van der Waals surface area contributed by atoms with E-state index in [9.17, 15) is 13.2 Å². The Morgan fingerprint density at radius 3 is 2.53 bits per heavy atom. The Morgan fingerprint density at radius 2 is 2.00 bits per heavy atom. The fraction of sp³-hybridized carbons (Fsp3) is 0.333. The van der Waals surface area contributed by atoms with Gasteiger partial charge in [-0.15, -0.1) is 13.2 Å². The van der Waals surface area contributed by atoms with Crippen molar-refractivity contribution >= 4 is 15.9 Å². The first-order valence-electron chi connectivity index (χ1n) is 3.95. The quantitative estimate of drug-likeness (QED) is 0.846. The zero-order valence-corrected chi connectivity index (χ0v) is 9.35. The fourth-order valence-corrected chi connectivity index (χ4v) is 1.36. The summed E-state index contributed by atoms with van der Waals surface area (Å²) < 4.78 is 45.2. The van der Waals surface area contributed by atoms with E-state index >= 15 is 0 Å². The Balaban J connectivity index is 2.96. The number of alkyl halides is 3. The molecule has 0 aliphatic rings. The van der Waals surface area contributed by atoms with Crippen LogP contribution in [-0.2, 0) is 11.3 Å². The Morgan fingerprint density at radius 1 is 1.33 bits per heavy atom. The number of hydrogen-bond donors (Lipinski definition) is 0. The van der Waals surface area contributed by atoms with Crippen molar-refractivity contribution in [1.82, 2.24) is 0 Å². The largest absolute Gasteiger partial charge is 0.573 e. The van der Waals surface area contributed by atoms with Gasteiger partial charge in [-0.1, -0.05) is 22.0 Å². The molecule has 0 aliphatic heterocycles. The van der Waals surface area contributed by atoms with Gasteiger partial charge < -0.3 is 9.47 Å². The van der Waals surface area contributed by atoms with Gasteiger partial charge in [-0.25, -0.2) is 0 Å². The summed E-state index contributed by atoms with van der Waals surface area (Å²) in [7, 11) is 1.40. The molecular weight excluding hydrogens is 277 g/mol. The van der Waals surface area contributed by atoms with E-state index in [1.165, 1.54) is 19.2 Å². The van der Waals surface area contributed by atoms with Crippen LogP contribution in [0.4, 0.5) is 13.2 Å². The molecule has 1 aromatic carbocycles. The summed E-state index contributed by atoms with van der Waals surface area (Å²) in [5.74, 6) is -0.251. The van der Waals surface area contributed by atoms with Crippen LogP contribution >= 0.6 is 15.9 Å². The lowest BCUT2D eigenvalue weighted by Crippen LogP contribution is -2.18. The van der Waals surface area contributed by atoms with Crippen LogP contribution in [0.15, 0.2) is 22.7 Å². The highest BCUT2D eigenvalue weighted by Gasteiger charge is 2.32. The lowest BCUT2D eigenvalue weighted by molar-refractivity contribution is -0.275. The third-order valence-electron chi connectivity index (χ3n) is 1.55. The zero-order valence-electron chi connectivity index (χ0n) is 7.77. The summed E-state index contributed by atoms with van der Waals surface area (Å²) in [4.78, 5) is 0. The van der Waals surface area contributed by atoms with E-state index in [1.807, 2.05) is 0 Å². The second-order valence-corrected chi connectivity index (χ2v) is 3.65. The molecule has 6 heteroatoms. The maximum Gasteiger partial charge on any atom is 0.573 e. The van der Waals surface area contributed by atoms with Crippen molar-refractivity contribution in [2.75, 3.05) is 7.11 Å². The molecule has 0 aliphatic carbocycles. The molecular formula is C9H8BrF3O2. The van der Waals surface area contributed by atoms with E-state index in [0.29, 0.717) is 10.0 Å². The van der Waals surface area contributed by atoms with E-state index in [1.54, 1.807) is 6.07 Å². The number of ether oxygens (including phenoxy) is 2. The van der Waals surface area contributed by atoms with Crippen LogP contribution in [0, 0.1) is 0 Å². The van der Waals surface area contributed by atoms with E-state index < -0.39 is 6.36 Å². The number of rotatable bonds is 3. The van der Waals surface area contributed by atoms with E-state index in [-0.39, 0.29) is 12.4 Å². The number of methoxy groups -OCH3 is 1. The minimum Gasteiger partial charge on any atom is -0.405 e. The maximum absolute atomic E-state index is 12.0. The van der Waals surface area contributed by atoms with E-state index in [4.69, 9.17) is 4.74 Å². The highest BCUT2D eigenvalue weighted by Crippen LogP contribution is 2.29. The van der Waals surface area contributed by atoms with Crippen molar-refractivity contribution in [3.8, 4) is 5.75 Å². The van der Waals surface area contributed by atoms with E-state index in [2.05, 4.69) is 20.7 Å². The number of halogens is 4. The lowest BCUT2D eigenvalue weighted by atomic mass is 10.2. The van der Waals surface area contributed by atoms with E-state index in [0.717, 1.165) is 0 Å². The van der Waals surface area contributed by atoms with Crippen LogP contribution in [0.25, 0.3) is 0 Å². The van der Waals surface area contributed by atoms with Crippen molar-refractivity contribution in [2.45, 2.75) is 13.0 Å². The van der Waals surface area contributed by atoms with Crippen LogP contribution in [0.2, 0.25) is 0 Å². The molecule has 0 heterocycles. The molecule has 0 bridgehead atoms. The molecule has 1 aromatic rings. The SMILES string of the molecule is COCc1ccc(Br)cc1OC(F)(F)F. The minimum absolute atomic E-state index is 0.0681. The summed E-state index contributed by atoms with van der Waals surface area (Å²) >= 11 is 3.07. The van der Waals surface area contributed by atoms with Crippen LogP contribution in [-0.4, -0.2) is 13.5 Å². The first kappa shape index (κ1) is 12.3. The molecule has 0 fully saturated rings. The van der Waals surface area contributed by atoms with Gasteiger partial charge in [0.2, 0.25) is 0 Å². The first-order valence-corrected chi connectivity index (χ1v) is 4.75. The van der Waals surface area contributed by atoms with Gasteiger partial charge in [-0.2, -0.15) is 0 Å². The third kappa shape index (κ3) is 4.09. The molecule has 0 radical (unpaired) electrons. The van der Waals surface area contributed by atoms with Crippen LogP contribution in [0.5, 0.6) is 5.75 Å². The standard InChI is InChI=1S/C9H8BrF3O2/c1-14-5-6-2-3-7(10)4-8(6)15-9(11,12)13/h2-4H,5H2,1H3. The monoisotopic (exact) mass is 284 g/mol. The summed E-state index contributed by atoms with van der Waals surface area (Å²) in [6.07, 6.45) is -4.69. The van der Waals surface area contributed by atoms with Gasteiger partial charge in [-0.3, -0.25) is 0 Å². The molecule has 84 valence electrons. The topological polar surface area (TPSA) is 18.5 Å². The van der Waals surface area contributed by atoms with Crippen molar-refractivity contribution < 1.29 is 22.6 Å². The molecule has 0 spiro atoms. The molecule has 0 aromatic heterocycles. The van der Waals surface area contributed by atoms with Crippen molar-refractivity contribution in [3.63, 3.8) is 0 Å². The van der Waals surface area contributed by atoms with Gasteiger partial charge in [0, 0.05) is 17.1 Å². The Hall–Kier alpha value is -0.750. The van der Waals surface area contributed by atoms with Crippen molar-refractivity contribution in [3.05, 3.63) is 28.2 Å². The Kier molecular flexibility index (Phi) is 3.98. The van der Waals surface area contributed by atoms with Gasteiger partial charge in [0.05, 0.1) is 6.61 Å². The molecule has 15 heavy (non-hydrogen) atoms. The minimum atomic E-state index is -4.69. The third-order valence-corrected chi connectivity index (χ3v) is 2.05. The Labute approximate surface area is 93.1 Å².